The summed E-state index contributed by atoms with van der Waals surface area (Å²) in [5, 5.41) is 24.6. The van der Waals surface area contributed by atoms with E-state index in [4.69, 9.17) is 0 Å². The minimum absolute atomic E-state index is 0.179. The second-order valence-electron chi connectivity index (χ2n) is 5.30. The van der Waals surface area contributed by atoms with Crippen molar-refractivity contribution in [3.8, 4) is 0 Å². The zero-order chi connectivity index (χ0) is 15.7. The zero-order valence-electron chi connectivity index (χ0n) is 11.6. The molecular formula is C12H15N3O5. The van der Waals surface area contributed by atoms with Gasteiger partial charge in [-0.1, -0.05) is 20.8 Å². The molecule has 1 N–H and O–H groups in total. The summed E-state index contributed by atoms with van der Waals surface area (Å²) in [4.78, 5) is 31.8. The molecule has 20 heavy (non-hydrogen) atoms. The molecule has 0 aromatic heterocycles. The van der Waals surface area contributed by atoms with Crippen molar-refractivity contribution in [3.05, 3.63) is 37.9 Å². The number of nitrogens with one attached hydrogen (secondary N) is 1. The Kier molecular flexibility index (Phi) is 4.07. The Balaban J connectivity index is 3.72. The molecule has 0 saturated carbocycles. The van der Waals surface area contributed by atoms with Gasteiger partial charge in [-0.25, -0.2) is 0 Å². The highest BCUT2D eigenvalue weighted by Crippen LogP contribution is 2.42. The molecule has 0 aliphatic heterocycles. The van der Waals surface area contributed by atoms with E-state index >= 15 is 0 Å². The maximum Gasteiger partial charge on any atom is 0.369 e. The van der Waals surface area contributed by atoms with Gasteiger partial charge in [0.2, 0.25) is 5.91 Å². The predicted molar refractivity (Wildman–Crippen MR) is 72.8 cm³/mol. The summed E-state index contributed by atoms with van der Waals surface area (Å²) in [7, 11) is 0. The second-order valence-corrected chi connectivity index (χ2v) is 5.30. The van der Waals surface area contributed by atoms with E-state index in [1.165, 1.54) is 19.1 Å². The SMILES string of the molecule is CC(=O)Nc1ccc(C(C)(C)C)c([N+](=O)[O-])c1[N+](=O)[O-]. The van der Waals surface area contributed by atoms with Gasteiger partial charge in [0.05, 0.1) is 9.85 Å². The van der Waals surface area contributed by atoms with Crippen molar-refractivity contribution < 1.29 is 14.6 Å². The lowest BCUT2D eigenvalue weighted by molar-refractivity contribution is -0.422. The Morgan fingerprint density at radius 2 is 1.60 bits per heavy atom. The van der Waals surface area contributed by atoms with Crippen LogP contribution in [-0.4, -0.2) is 15.8 Å². The molecule has 1 amide bonds. The standard InChI is InChI=1S/C12H15N3O5/c1-7(16)13-9-6-5-8(12(2,3)4)10(14(17)18)11(9)15(19)20/h5-6H,1-4H3,(H,13,16). The molecule has 1 aromatic carbocycles. The Bertz CT molecular complexity index is 589. The van der Waals surface area contributed by atoms with Crippen LogP contribution in [0.15, 0.2) is 12.1 Å². The van der Waals surface area contributed by atoms with Crippen LogP contribution in [0.3, 0.4) is 0 Å². The van der Waals surface area contributed by atoms with E-state index in [0.29, 0.717) is 0 Å². The Morgan fingerprint density at radius 1 is 1.10 bits per heavy atom. The summed E-state index contributed by atoms with van der Waals surface area (Å²) >= 11 is 0. The van der Waals surface area contributed by atoms with Crippen LogP contribution in [0.4, 0.5) is 17.1 Å². The second kappa shape index (κ2) is 5.24. The number of nitro benzene ring substituents is 2. The molecule has 0 fully saturated rings. The Morgan fingerprint density at radius 3 is 1.95 bits per heavy atom. The molecule has 0 unspecified atom stereocenters. The van der Waals surface area contributed by atoms with E-state index in [0.717, 1.165) is 0 Å². The third-order valence-corrected chi connectivity index (χ3v) is 2.64. The van der Waals surface area contributed by atoms with Crippen LogP contribution >= 0.6 is 0 Å². The molecule has 108 valence electrons. The number of rotatable bonds is 3. The first-order valence-corrected chi connectivity index (χ1v) is 5.79. The van der Waals surface area contributed by atoms with Gasteiger partial charge in [0, 0.05) is 12.5 Å². The van der Waals surface area contributed by atoms with Gasteiger partial charge >= 0.3 is 11.4 Å². The topological polar surface area (TPSA) is 115 Å². The number of hydrogen-bond acceptors (Lipinski definition) is 5. The molecule has 1 rings (SSSR count). The lowest BCUT2D eigenvalue weighted by Gasteiger charge is -2.19. The van der Waals surface area contributed by atoms with Crippen molar-refractivity contribution >= 4 is 23.0 Å². The number of nitrogens with zero attached hydrogens (tertiary/aromatic N) is 2. The summed E-state index contributed by atoms with van der Waals surface area (Å²) in [5.41, 5.74) is -1.86. The highest BCUT2D eigenvalue weighted by molar-refractivity contribution is 5.93. The zero-order valence-corrected chi connectivity index (χ0v) is 11.6. The predicted octanol–water partition coefficient (Wildman–Crippen LogP) is 2.76. The van der Waals surface area contributed by atoms with E-state index in [1.807, 2.05) is 0 Å². The summed E-state index contributed by atoms with van der Waals surface area (Å²) in [6, 6.07) is 2.74. The fraction of sp³-hybridized carbons (Fsp3) is 0.417. The van der Waals surface area contributed by atoms with Gasteiger partial charge in [0.25, 0.3) is 0 Å². The van der Waals surface area contributed by atoms with Crippen LogP contribution in [0.5, 0.6) is 0 Å². The molecule has 0 saturated heterocycles. The van der Waals surface area contributed by atoms with E-state index < -0.39 is 32.5 Å². The van der Waals surface area contributed by atoms with Crippen molar-refractivity contribution in [2.24, 2.45) is 0 Å². The average molecular weight is 281 g/mol. The number of amides is 1. The maximum absolute atomic E-state index is 11.2. The van der Waals surface area contributed by atoms with E-state index in [2.05, 4.69) is 5.32 Å². The van der Waals surface area contributed by atoms with E-state index in [-0.39, 0.29) is 11.3 Å². The molecule has 0 heterocycles. The molecule has 0 atom stereocenters. The smallest absolute Gasteiger partial charge is 0.320 e. The van der Waals surface area contributed by atoms with Crippen molar-refractivity contribution in [2.45, 2.75) is 33.1 Å². The van der Waals surface area contributed by atoms with Crippen molar-refractivity contribution in [3.63, 3.8) is 0 Å². The summed E-state index contributed by atoms with van der Waals surface area (Å²) in [5.74, 6) is -0.536. The van der Waals surface area contributed by atoms with Gasteiger partial charge in [-0.15, -0.1) is 0 Å². The summed E-state index contributed by atoms with van der Waals surface area (Å²) < 4.78 is 0. The molecule has 8 heteroatoms. The Hall–Kier alpha value is -2.51. The van der Waals surface area contributed by atoms with Gasteiger partial charge in [0.1, 0.15) is 5.69 Å². The van der Waals surface area contributed by atoms with Gasteiger partial charge in [-0.2, -0.15) is 0 Å². The van der Waals surface area contributed by atoms with Crippen molar-refractivity contribution in [2.75, 3.05) is 5.32 Å². The number of benzene rings is 1. The number of anilines is 1. The number of hydrogen-bond donors (Lipinski definition) is 1. The van der Waals surface area contributed by atoms with Gasteiger partial charge in [0.15, 0.2) is 0 Å². The summed E-state index contributed by atoms with van der Waals surface area (Å²) in [6.45, 7) is 6.33. The maximum atomic E-state index is 11.2. The van der Waals surface area contributed by atoms with Crippen LogP contribution in [-0.2, 0) is 10.2 Å². The van der Waals surface area contributed by atoms with E-state index in [9.17, 15) is 25.0 Å². The van der Waals surface area contributed by atoms with Crippen molar-refractivity contribution in [1.29, 1.82) is 0 Å². The molecule has 1 aromatic rings. The van der Waals surface area contributed by atoms with Crippen LogP contribution in [0.2, 0.25) is 0 Å². The minimum Gasteiger partial charge on any atom is -0.320 e. The fourth-order valence-corrected chi connectivity index (χ4v) is 1.85. The highest BCUT2D eigenvalue weighted by atomic mass is 16.6. The molecular weight excluding hydrogens is 266 g/mol. The van der Waals surface area contributed by atoms with Crippen molar-refractivity contribution in [1.82, 2.24) is 0 Å². The monoisotopic (exact) mass is 281 g/mol. The first-order chi connectivity index (χ1) is 9.05. The average Bonchev–Trinajstić information content (AvgIpc) is 2.25. The van der Waals surface area contributed by atoms with Gasteiger partial charge in [-0.3, -0.25) is 25.0 Å². The van der Waals surface area contributed by atoms with Crippen LogP contribution in [0, 0.1) is 20.2 Å². The fourth-order valence-electron chi connectivity index (χ4n) is 1.85. The molecule has 0 radical (unpaired) electrons. The third-order valence-electron chi connectivity index (χ3n) is 2.64. The number of carbonyl (C=O) groups excluding carboxylic acids is 1. The van der Waals surface area contributed by atoms with Gasteiger partial charge in [-0.05, 0) is 17.5 Å². The minimum atomic E-state index is -0.849. The largest absolute Gasteiger partial charge is 0.369 e. The van der Waals surface area contributed by atoms with E-state index in [1.54, 1.807) is 20.8 Å². The van der Waals surface area contributed by atoms with Crippen LogP contribution < -0.4 is 5.32 Å². The highest BCUT2D eigenvalue weighted by Gasteiger charge is 2.36. The first-order valence-electron chi connectivity index (χ1n) is 5.79. The molecule has 0 aliphatic carbocycles. The quantitative estimate of drug-likeness (QED) is 0.675. The lowest BCUT2D eigenvalue weighted by Crippen LogP contribution is -2.16. The van der Waals surface area contributed by atoms with Crippen LogP contribution in [0.1, 0.15) is 33.3 Å². The molecule has 0 spiro atoms. The Labute approximate surface area is 115 Å². The molecule has 0 aliphatic rings. The lowest BCUT2D eigenvalue weighted by atomic mass is 9.85. The van der Waals surface area contributed by atoms with Gasteiger partial charge < -0.3 is 5.32 Å². The normalized spacial score (nSPS) is 11.0. The summed E-state index contributed by atoms with van der Waals surface area (Å²) in [6.07, 6.45) is 0. The molecule has 0 bridgehead atoms. The number of carbonyl (C=O) groups is 1. The third kappa shape index (κ3) is 3.08. The molecule has 8 nitrogen and oxygen atoms in total. The van der Waals surface area contributed by atoms with Crippen LogP contribution in [0.25, 0.3) is 0 Å². The number of nitro groups is 2. The first kappa shape index (κ1) is 15.5.